The Morgan fingerprint density at radius 1 is 1.29 bits per heavy atom. The molecule has 7 nitrogen and oxygen atoms in total. The van der Waals surface area contributed by atoms with E-state index < -0.39 is 16.0 Å². The Morgan fingerprint density at radius 3 is 2.33 bits per heavy atom. The van der Waals surface area contributed by atoms with Gasteiger partial charge in [-0.1, -0.05) is 5.92 Å². The maximum absolute atomic E-state index is 12.5. The average molecular weight is 352 g/mol. The lowest BCUT2D eigenvalue weighted by Gasteiger charge is -2.26. The summed E-state index contributed by atoms with van der Waals surface area (Å²) >= 11 is 0. The monoisotopic (exact) mass is 352 g/mol. The van der Waals surface area contributed by atoms with Gasteiger partial charge in [0.15, 0.2) is 0 Å². The predicted molar refractivity (Wildman–Crippen MR) is 88.9 cm³/mol. The fourth-order valence-corrected chi connectivity index (χ4v) is 2.91. The van der Waals surface area contributed by atoms with Crippen LogP contribution in [0.3, 0.4) is 0 Å². The molecule has 24 heavy (non-hydrogen) atoms. The minimum absolute atomic E-state index is 0.00377. The molecule has 0 spiro atoms. The lowest BCUT2D eigenvalue weighted by atomic mass is 10.1. The highest BCUT2D eigenvalue weighted by Gasteiger charge is 2.20. The van der Waals surface area contributed by atoms with Crippen molar-refractivity contribution in [1.82, 2.24) is 9.62 Å². The van der Waals surface area contributed by atoms with Crippen molar-refractivity contribution < 1.29 is 23.1 Å². The second-order valence-corrected chi connectivity index (χ2v) is 7.06. The highest BCUT2D eigenvalue weighted by atomic mass is 32.2. The Bertz CT molecular complexity index is 733. The largest absolute Gasteiger partial charge is 0.481 e. The number of hydrogen-bond donors (Lipinski definition) is 2. The summed E-state index contributed by atoms with van der Waals surface area (Å²) in [7, 11) is -3.72. The summed E-state index contributed by atoms with van der Waals surface area (Å²) in [6.45, 7) is 3.51. The minimum Gasteiger partial charge on any atom is -0.481 e. The molecule has 2 N–H and O–H groups in total. The van der Waals surface area contributed by atoms with Crippen LogP contribution in [-0.4, -0.2) is 49.4 Å². The number of aliphatic carboxylic acids is 1. The zero-order valence-corrected chi connectivity index (χ0v) is 14.3. The molecule has 1 aromatic carbocycles. The van der Waals surface area contributed by atoms with Crippen molar-refractivity contribution in [3.05, 3.63) is 29.8 Å². The number of carbonyl (C=O) groups is 2. The van der Waals surface area contributed by atoms with Gasteiger partial charge in [-0.3, -0.25) is 9.59 Å². The Hall–Kier alpha value is -2.37. The number of carboxylic acid groups (broad SMARTS) is 1. The maximum Gasteiger partial charge on any atom is 0.305 e. The molecule has 0 saturated carbocycles. The molecule has 1 amide bonds. The first-order chi connectivity index (χ1) is 11.2. The van der Waals surface area contributed by atoms with E-state index in [-0.39, 0.29) is 41.9 Å². The van der Waals surface area contributed by atoms with Gasteiger partial charge in [0, 0.05) is 18.2 Å². The van der Waals surface area contributed by atoms with Crippen molar-refractivity contribution in [3.8, 4) is 12.3 Å². The van der Waals surface area contributed by atoms with Crippen LogP contribution in [0, 0.1) is 12.3 Å². The van der Waals surface area contributed by atoms with Gasteiger partial charge >= 0.3 is 5.97 Å². The van der Waals surface area contributed by atoms with E-state index in [1.54, 1.807) is 13.8 Å². The molecule has 0 radical (unpaired) electrons. The van der Waals surface area contributed by atoms with Crippen LogP contribution in [0.2, 0.25) is 0 Å². The van der Waals surface area contributed by atoms with Gasteiger partial charge in [0.1, 0.15) is 0 Å². The second kappa shape index (κ2) is 8.47. The normalized spacial score (nSPS) is 11.1. The van der Waals surface area contributed by atoms with Crippen LogP contribution in [0.15, 0.2) is 29.2 Å². The first-order valence-corrected chi connectivity index (χ1v) is 8.73. The molecule has 0 heterocycles. The lowest BCUT2D eigenvalue weighted by molar-refractivity contribution is -0.137. The van der Waals surface area contributed by atoms with E-state index >= 15 is 0 Å². The lowest BCUT2D eigenvalue weighted by Crippen LogP contribution is -2.38. The van der Waals surface area contributed by atoms with E-state index in [1.165, 1.54) is 29.2 Å². The molecule has 130 valence electrons. The molecule has 0 aromatic heterocycles. The molecule has 0 atom stereocenters. The van der Waals surface area contributed by atoms with Crippen LogP contribution in [0.25, 0.3) is 0 Å². The Balaban J connectivity index is 2.96. The van der Waals surface area contributed by atoms with Gasteiger partial charge in [-0.15, -0.1) is 6.42 Å². The first-order valence-electron chi connectivity index (χ1n) is 7.25. The molecule has 0 aliphatic rings. The zero-order chi connectivity index (χ0) is 18.3. The highest BCUT2D eigenvalue weighted by molar-refractivity contribution is 7.89. The maximum atomic E-state index is 12.5. The van der Waals surface area contributed by atoms with Crippen LogP contribution in [0.1, 0.15) is 30.6 Å². The van der Waals surface area contributed by atoms with E-state index in [9.17, 15) is 18.0 Å². The first kappa shape index (κ1) is 19.7. The summed E-state index contributed by atoms with van der Waals surface area (Å²) in [5.74, 6) is 0.829. The van der Waals surface area contributed by atoms with Crippen LogP contribution < -0.4 is 4.72 Å². The Kier molecular flexibility index (Phi) is 6.95. The summed E-state index contributed by atoms with van der Waals surface area (Å²) in [5.41, 5.74) is 0.282. The number of terminal acetylenes is 1. The predicted octanol–water partition coefficient (Wildman–Crippen LogP) is 0.923. The molecule has 0 unspecified atom stereocenters. The molecule has 0 aliphatic carbocycles. The van der Waals surface area contributed by atoms with Crippen LogP contribution in [0.5, 0.6) is 0 Å². The van der Waals surface area contributed by atoms with Crippen LogP contribution >= 0.6 is 0 Å². The minimum atomic E-state index is -3.72. The highest BCUT2D eigenvalue weighted by Crippen LogP contribution is 2.14. The van der Waals surface area contributed by atoms with Crippen molar-refractivity contribution in [2.24, 2.45) is 0 Å². The van der Waals surface area contributed by atoms with E-state index in [4.69, 9.17) is 11.5 Å². The average Bonchev–Trinajstić information content (AvgIpc) is 2.52. The van der Waals surface area contributed by atoms with E-state index in [0.717, 1.165) is 0 Å². The zero-order valence-electron chi connectivity index (χ0n) is 13.5. The number of hydrogen-bond acceptors (Lipinski definition) is 4. The van der Waals surface area contributed by atoms with Crippen LogP contribution in [0.4, 0.5) is 0 Å². The van der Waals surface area contributed by atoms with Crippen molar-refractivity contribution in [3.63, 3.8) is 0 Å². The molecule has 8 heteroatoms. The van der Waals surface area contributed by atoms with Crippen molar-refractivity contribution >= 4 is 21.9 Å². The van der Waals surface area contributed by atoms with Gasteiger partial charge < -0.3 is 10.0 Å². The number of nitrogens with zero attached hydrogens (tertiary/aromatic N) is 1. The third-order valence-electron chi connectivity index (χ3n) is 3.23. The van der Waals surface area contributed by atoms with Crippen molar-refractivity contribution in [2.45, 2.75) is 31.2 Å². The number of carbonyl (C=O) groups excluding carboxylic acids is 1. The number of sulfonamides is 1. The molecule has 1 rings (SSSR count). The van der Waals surface area contributed by atoms with Gasteiger partial charge in [0.2, 0.25) is 10.0 Å². The number of rotatable bonds is 8. The fraction of sp³-hybridized carbons (Fsp3) is 0.375. The third kappa shape index (κ3) is 5.37. The van der Waals surface area contributed by atoms with Crippen molar-refractivity contribution in [1.29, 1.82) is 0 Å². The van der Waals surface area contributed by atoms with Gasteiger partial charge in [0.25, 0.3) is 5.91 Å². The molecule has 1 aromatic rings. The number of nitrogens with one attached hydrogen (secondary N) is 1. The second-order valence-electron chi connectivity index (χ2n) is 5.29. The van der Waals surface area contributed by atoms with Gasteiger partial charge in [-0.2, -0.15) is 4.72 Å². The van der Waals surface area contributed by atoms with Gasteiger partial charge in [-0.25, -0.2) is 8.42 Å². The molecule has 0 saturated heterocycles. The quantitative estimate of drug-likeness (QED) is 0.677. The fourth-order valence-electron chi connectivity index (χ4n) is 1.97. The van der Waals surface area contributed by atoms with E-state index in [0.29, 0.717) is 0 Å². The molecular weight excluding hydrogens is 332 g/mol. The summed E-state index contributed by atoms with van der Waals surface area (Å²) in [6.07, 6.45) is 4.86. The summed E-state index contributed by atoms with van der Waals surface area (Å²) in [6, 6.07) is 5.22. The van der Waals surface area contributed by atoms with Crippen molar-refractivity contribution in [2.75, 3.05) is 13.1 Å². The van der Waals surface area contributed by atoms with E-state index in [1.807, 2.05) is 0 Å². The summed E-state index contributed by atoms with van der Waals surface area (Å²) in [5, 5.41) is 8.77. The third-order valence-corrected chi connectivity index (χ3v) is 4.64. The molecule has 0 aliphatic heterocycles. The number of amides is 1. The molecule has 0 bridgehead atoms. The standard InChI is InChI=1S/C16H20N2O5S/c1-4-10-17-24(22,23)14-7-5-13(6-8-14)16(21)18(12(2)3)11-9-15(19)20/h1,5-8,12,17H,9-11H2,2-3H3,(H,19,20). The van der Waals surface area contributed by atoms with Crippen LogP contribution in [-0.2, 0) is 14.8 Å². The number of benzene rings is 1. The number of carboxylic acids is 1. The van der Waals surface area contributed by atoms with Gasteiger partial charge in [0.05, 0.1) is 17.9 Å². The molecular formula is C16H20N2O5S. The van der Waals surface area contributed by atoms with Gasteiger partial charge in [-0.05, 0) is 38.1 Å². The Morgan fingerprint density at radius 2 is 1.88 bits per heavy atom. The van der Waals surface area contributed by atoms with E-state index in [2.05, 4.69) is 10.6 Å². The Labute approximate surface area is 141 Å². The summed E-state index contributed by atoms with van der Waals surface area (Å²) < 4.78 is 26.1. The molecule has 0 fully saturated rings. The SMILES string of the molecule is C#CCNS(=O)(=O)c1ccc(C(=O)N(CCC(=O)O)C(C)C)cc1. The summed E-state index contributed by atoms with van der Waals surface area (Å²) in [4.78, 5) is 24.6. The smallest absolute Gasteiger partial charge is 0.305 e. The topological polar surface area (TPSA) is 104 Å².